The van der Waals surface area contributed by atoms with Crippen LogP contribution in [0.15, 0.2) is 140 Å². The van der Waals surface area contributed by atoms with Crippen molar-refractivity contribution in [2.45, 2.75) is 39.5 Å². The Morgan fingerprint density at radius 3 is 2.09 bits per heavy atom. The molecule has 0 spiro atoms. The molecule has 0 unspecified atom stereocenters. The van der Waals surface area contributed by atoms with Crippen LogP contribution in [0, 0.1) is 12.1 Å². The molecule has 1 N–H and O–H groups in total. The Kier molecular flexibility index (Phi) is 9.09. The Labute approximate surface area is 323 Å². The fraction of sp³-hybridized carbons (Fsp3) is 0.130. The third-order valence-electron chi connectivity index (χ3n) is 9.94. The predicted molar refractivity (Wildman–Crippen MR) is 214 cm³/mol. The van der Waals surface area contributed by atoms with Crippen LogP contribution in [0.1, 0.15) is 50.7 Å². The smallest absolute Gasteiger partial charge is 0.378 e. The van der Waals surface area contributed by atoms with E-state index >= 15 is 0 Å². The second kappa shape index (κ2) is 14.0. The molecule has 10 rings (SSSR count). The first-order chi connectivity index (χ1) is 25.5. The van der Waals surface area contributed by atoms with Crippen molar-refractivity contribution in [3.63, 3.8) is 0 Å². The first kappa shape index (κ1) is 34.4. The molecular weight excluding hydrogens is 832 g/mol. The molecule has 0 aliphatic rings. The van der Waals surface area contributed by atoms with Gasteiger partial charge >= 0.3 is 21.1 Å². The third-order valence-corrected chi connectivity index (χ3v) is 9.94. The Hall–Kier alpha value is -5.71. The second-order valence-electron chi connectivity index (χ2n) is 13.9. The predicted octanol–water partition coefficient (Wildman–Crippen LogP) is 11.4. The number of rotatable bonds is 5. The minimum Gasteiger partial charge on any atom is -0.378 e. The van der Waals surface area contributed by atoms with E-state index in [-0.39, 0.29) is 21.1 Å². The van der Waals surface area contributed by atoms with E-state index in [1.807, 2.05) is 41.2 Å². The van der Waals surface area contributed by atoms with Crippen LogP contribution in [0.3, 0.4) is 0 Å². The van der Waals surface area contributed by atoms with Crippen molar-refractivity contribution < 1.29 is 21.1 Å². The van der Waals surface area contributed by atoms with Gasteiger partial charge in [-0.2, -0.15) is 35.4 Å². The summed E-state index contributed by atoms with van der Waals surface area (Å²) in [5.74, 6) is 1.87. The van der Waals surface area contributed by atoms with E-state index in [0.29, 0.717) is 11.8 Å². The number of aromatic amines is 1. The van der Waals surface area contributed by atoms with Crippen molar-refractivity contribution in [3.8, 4) is 22.5 Å². The van der Waals surface area contributed by atoms with Crippen LogP contribution in [-0.2, 0) is 21.1 Å². The number of para-hydroxylation sites is 6. The zero-order valence-corrected chi connectivity index (χ0v) is 32.3. The first-order valence-electron chi connectivity index (χ1n) is 17.9. The summed E-state index contributed by atoms with van der Waals surface area (Å²) >= 11 is 0. The number of fused-ring (bicyclic) bond motifs is 8. The van der Waals surface area contributed by atoms with Gasteiger partial charge in [-0.15, -0.1) is 23.6 Å². The molecule has 6 aromatic carbocycles. The van der Waals surface area contributed by atoms with Crippen molar-refractivity contribution in [2.75, 3.05) is 0 Å². The van der Waals surface area contributed by atoms with E-state index in [1.54, 1.807) is 0 Å². The van der Waals surface area contributed by atoms with Gasteiger partial charge in [0.1, 0.15) is 0 Å². The minimum atomic E-state index is 0. The molecule has 0 aliphatic heterocycles. The van der Waals surface area contributed by atoms with Crippen LogP contribution in [-0.4, -0.2) is 28.7 Å². The number of nitrogens with zero attached hydrogens (tertiary/aromatic N) is 5. The van der Waals surface area contributed by atoms with Gasteiger partial charge in [0, 0.05) is 17.3 Å². The van der Waals surface area contributed by atoms with Gasteiger partial charge in [-0.05, 0) is 69.9 Å². The summed E-state index contributed by atoms with van der Waals surface area (Å²) < 4.78 is 6.32. The largest absolute Gasteiger partial charge is 2.00 e. The number of aromatic nitrogens is 6. The van der Waals surface area contributed by atoms with Gasteiger partial charge < -0.3 is 9.55 Å². The van der Waals surface area contributed by atoms with Gasteiger partial charge in [0.05, 0.1) is 28.3 Å². The van der Waals surface area contributed by atoms with Crippen molar-refractivity contribution in [1.29, 1.82) is 0 Å². The summed E-state index contributed by atoms with van der Waals surface area (Å²) in [6.07, 6.45) is 4.08. The Morgan fingerprint density at radius 2 is 1.34 bits per heavy atom. The fourth-order valence-corrected chi connectivity index (χ4v) is 7.48. The Bertz CT molecular complexity index is 2840. The standard InChI is InChI=1S/C25H15N4.C21H23N2.Pt/c1-2-8-19-17(7-1)18-14-13-16(15-21(18)26-19)28-23-11-5-6-12-24(23)29-22-10-4-3-9-20(22)27-25(28)29;1-15(2)19-11-8-12-20(16(3)4)21(19)17-13-22-23(14-17)18-9-6-5-7-10-18;/h1-14,26H;5-9,11-16H,1-4H3;/q2*-1;+2. The number of imidazole rings is 2. The molecule has 6 nitrogen and oxygen atoms in total. The molecule has 0 atom stereocenters. The second-order valence-corrected chi connectivity index (χ2v) is 13.9. The normalized spacial score (nSPS) is 11.6. The molecule has 0 amide bonds. The van der Waals surface area contributed by atoms with E-state index in [1.165, 1.54) is 33.0 Å². The molecule has 7 heteroatoms. The first-order valence-corrected chi connectivity index (χ1v) is 17.9. The van der Waals surface area contributed by atoms with Gasteiger partial charge in [0.25, 0.3) is 0 Å². The molecule has 4 aromatic heterocycles. The molecule has 262 valence electrons. The van der Waals surface area contributed by atoms with E-state index in [0.717, 1.165) is 50.3 Å². The zero-order valence-electron chi connectivity index (χ0n) is 30.0. The molecule has 0 aliphatic carbocycles. The van der Waals surface area contributed by atoms with E-state index in [4.69, 9.17) is 4.98 Å². The van der Waals surface area contributed by atoms with Crippen LogP contribution in [0.2, 0.25) is 0 Å². The summed E-state index contributed by atoms with van der Waals surface area (Å²) in [6, 6.07) is 50.8. The number of H-pyrrole nitrogens is 1. The molecule has 4 heterocycles. The van der Waals surface area contributed by atoms with Crippen LogP contribution in [0.25, 0.3) is 72.2 Å². The van der Waals surface area contributed by atoms with Gasteiger partial charge in [-0.1, -0.05) is 99.6 Å². The maximum atomic E-state index is 4.95. The average molecular weight is 870 g/mol. The SMILES string of the molecule is CC(C)c1cccc(C(C)C)c1-c1cnn(-c2[c-]cccc2)c1.[Pt+2].[c-]1c(-n2c3ccccc3n3c4ccccc4nc23)ccc2c1[nH]c1ccccc12. The summed E-state index contributed by atoms with van der Waals surface area (Å²) in [4.78, 5) is 8.45. The molecule has 10 aromatic rings. The van der Waals surface area contributed by atoms with Crippen LogP contribution in [0.4, 0.5) is 0 Å². The number of hydrogen-bond donors (Lipinski definition) is 1. The minimum absolute atomic E-state index is 0. The van der Waals surface area contributed by atoms with Crippen LogP contribution >= 0.6 is 0 Å². The van der Waals surface area contributed by atoms with E-state index < -0.39 is 0 Å². The quantitative estimate of drug-likeness (QED) is 0.175. The molecule has 53 heavy (non-hydrogen) atoms. The number of benzene rings is 6. The summed E-state index contributed by atoms with van der Waals surface area (Å²) in [6.45, 7) is 8.99. The summed E-state index contributed by atoms with van der Waals surface area (Å²) in [7, 11) is 0. The molecule has 0 bridgehead atoms. The average Bonchev–Trinajstić information content (AvgIpc) is 3.96. The Balaban J connectivity index is 0.000000153. The third kappa shape index (κ3) is 5.97. The van der Waals surface area contributed by atoms with Gasteiger partial charge in [0.2, 0.25) is 5.78 Å². The van der Waals surface area contributed by atoms with Gasteiger partial charge in [0.15, 0.2) is 0 Å². The van der Waals surface area contributed by atoms with Crippen LogP contribution < -0.4 is 0 Å². The molecule has 0 radical (unpaired) electrons. The van der Waals surface area contributed by atoms with Crippen molar-refractivity contribution in [2.24, 2.45) is 0 Å². The van der Waals surface area contributed by atoms with Gasteiger partial charge in [-0.25, -0.2) is 4.98 Å². The Morgan fingerprint density at radius 1 is 0.642 bits per heavy atom. The van der Waals surface area contributed by atoms with Crippen molar-refractivity contribution >= 4 is 49.7 Å². The molecule has 0 saturated heterocycles. The van der Waals surface area contributed by atoms with Gasteiger partial charge in [-0.3, -0.25) is 9.08 Å². The number of hydrogen-bond acceptors (Lipinski definition) is 2. The number of nitrogens with one attached hydrogen (secondary N) is 1. The molecule has 0 saturated carbocycles. The van der Waals surface area contributed by atoms with Crippen LogP contribution in [0.5, 0.6) is 0 Å². The maximum Gasteiger partial charge on any atom is 2.00 e. The summed E-state index contributed by atoms with van der Waals surface area (Å²) in [5, 5.41) is 6.96. The van der Waals surface area contributed by atoms with E-state index in [2.05, 4.69) is 162 Å². The summed E-state index contributed by atoms with van der Waals surface area (Å²) in [5.41, 5.74) is 13.7. The maximum absolute atomic E-state index is 4.95. The molecular formula is C46H38N6Pt. The topological polar surface area (TPSA) is 55.8 Å². The van der Waals surface area contributed by atoms with Crippen molar-refractivity contribution in [3.05, 3.63) is 163 Å². The monoisotopic (exact) mass is 869 g/mol. The molecule has 0 fully saturated rings. The zero-order chi connectivity index (χ0) is 35.3. The van der Waals surface area contributed by atoms with E-state index in [9.17, 15) is 0 Å². The fourth-order valence-electron chi connectivity index (χ4n) is 7.48. The van der Waals surface area contributed by atoms with Crippen molar-refractivity contribution in [1.82, 2.24) is 28.7 Å².